The van der Waals surface area contributed by atoms with Crippen molar-refractivity contribution < 1.29 is 39.3 Å². The predicted molar refractivity (Wildman–Crippen MR) is 124 cm³/mol. The van der Waals surface area contributed by atoms with E-state index in [0.29, 0.717) is 25.8 Å². The van der Waals surface area contributed by atoms with E-state index in [0.717, 1.165) is 0 Å². The lowest BCUT2D eigenvalue weighted by Crippen LogP contribution is -2.58. The van der Waals surface area contributed by atoms with Crippen LogP contribution in [0.15, 0.2) is 4.99 Å². The lowest BCUT2D eigenvalue weighted by Gasteiger charge is -2.24. The molecule has 0 aromatic heterocycles. The number of carbonyl (C=O) groups is 5. The van der Waals surface area contributed by atoms with Crippen LogP contribution in [0.2, 0.25) is 0 Å². The van der Waals surface area contributed by atoms with Crippen LogP contribution in [-0.4, -0.2) is 94.8 Å². The number of aliphatic imine (C=N–C) groups is 1. The van der Waals surface area contributed by atoms with Crippen molar-refractivity contribution in [3.63, 3.8) is 0 Å². The Bertz CT molecular complexity index is 759. The Hall–Kier alpha value is -3.50. The van der Waals surface area contributed by atoms with Gasteiger partial charge in [0.1, 0.15) is 18.1 Å². The fraction of sp³-hybridized carbons (Fsp3) is 0.684. The number of hydrogen-bond donors (Lipinski definition) is 10. The van der Waals surface area contributed by atoms with Crippen molar-refractivity contribution in [1.29, 1.82) is 0 Å². The number of aliphatic carboxylic acids is 2. The number of aliphatic hydroxyl groups is 1. The van der Waals surface area contributed by atoms with E-state index >= 15 is 0 Å². The molecule has 0 aromatic carbocycles. The SMILES string of the molecule is NCCCCC(N)C(=O)NC(CO)C(=O)NC(CCCN=C(N)N)C(=O)NC(CC(=O)O)C(=O)O. The third kappa shape index (κ3) is 13.7. The van der Waals surface area contributed by atoms with Gasteiger partial charge < -0.3 is 54.2 Å². The monoisotopic (exact) mass is 504 g/mol. The Morgan fingerprint density at radius 2 is 1.37 bits per heavy atom. The van der Waals surface area contributed by atoms with Crippen LogP contribution in [0.1, 0.15) is 38.5 Å². The normalized spacial score (nSPS) is 14.0. The lowest BCUT2D eigenvalue weighted by atomic mass is 10.1. The number of hydrogen-bond acceptors (Lipinski definition) is 9. The number of carbonyl (C=O) groups excluding carboxylic acids is 3. The molecule has 0 heterocycles. The molecular formula is C19H36N8O8. The Morgan fingerprint density at radius 3 is 1.89 bits per heavy atom. The van der Waals surface area contributed by atoms with Gasteiger partial charge in [0.2, 0.25) is 17.7 Å². The van der Waals surface area contributed by atoms with Gasteiger partial charge in [-0.15, -0.1) is 0 Å². The summed E-state index contributed by atoms with van der Waals surface area (Å²) >= 11 is 0. The van der Waals surface area contributed by atoms with Crippen molar-refractivity contribution >= 4 is 35.6 Å². The molecule has 4 atom stereocenters. The van der Waals surface area contributed by atoms with E-state index in [1.54, 1.807) is 0 Å². The van der Waals surface area contributed by atoms with Crippen LogP contribution in [0.5, 0.6) is 0 Å². The van der Waals surface area contributed by atoms with E-state index in [1.165, 1.54) is 0 Å². The average molecular weight is 505 g/mol. The van der Waals surface area contributed by atoms with E-state index in [2.05, 4.69) is 15.6 Å². The number of carboxylic acid groups (broad SMARTS) is 2. The first kappa shape index (κ1) is 31.5. The van der Waals surface area contributed by atoms with Crippen LogP contribution >= 0.6 is 0 Å². The molecule has 0 bridgehead atoms. The summed E-state index contributed by atoms with van der Waals surface area (Å²) in [6, 6.07) is -5.51. The van der Waals surface area contributed by atoms with E-state index in [-0.39, 0.29) is 25.3 Å². The number of nitrogens with zero attached hydrogens (tertiary/aromatic N) is 1. The summed E-state index contributed by atoms with van der Waals surface area (Å²) in [4.78, 5) is 63.4. The molecule has 16 heteroatoms. The molecule has 0 aliphatic carbocycles. The van der Waals surface area contributed by atoms with Gasteiger partial charge in [0.25, 0.3) is 0 Å². The molecule has 35 heavy (non-hydrogen) atoms. The highest BCUT2D eigenvalue weighted by atomic mass is 16.4. The van der Waals surface area contributed by atoms with Gasteiger partial charge in [0.15, 0.2) is 5.96 Å². The molecule has 0 saturated carbocycles. The number of amides is 3. The van der Waals surface area contributed by atoms with Gasteiger partial charge in [0.05, 0.1) is 19.1 Å². The zero-order chi connectivity index (χ0) is 27.0. The number of unbranched alkanes of at least 4 members (excludes halogenated alkanes) is 1. The standard InChI is InChI=1S/C19H36N8O8/c20-6-2-1-4-10(21)15(31)27-13(9-28)17(33)25-11(5-3-7-24-19(22)23)16(32)26-12(18(34)35)8-14(29)30/h10-13,28H,1-9,20-21H2,(H,25,33)(H,26,32)(H,27,31)(H,29,30)(H,34,35)(H4,22,23,24). The minimum absolute atomic E-state index is 0.0710. The Balaban J connectivity index is 5.35. The van der Waals surface area contributed by atoms with E-state index in [4.69, 9.17) is 33.1 Å². The van der Waals surface area contributed by atoms with Gasteiger partial charge in [-0.1, -0.05) is 6.42 Å². The molecule has 0 aliphatic rings. The van der Waals surface area contributed by atoms with Gasteiger partial charge in [-0.05, 0) is 32.2 Å². The fourth-order valence-electron chi connectivity index (χ4n) is 2.80. The molecule has 14 N–H and O–H groups in total. The van der Waals surface area contributed by atoms with Crippen LogP contribution in [-0.2, 0) is 24.0 Å². The highest BCUT2D eigenvalue weighted by molar-refractivity contribution is 5.94. The van der Waals surface area contributed by atoms with Crippen LogP contribution in [0, 0.1) is 0 Å². The minimum Gasteiger partial charge on any atom is -0.481 e. The Kier molecular flexibility index (Phi) is 15.3. The lowest BCUT2D eigenvalue weighted by molar-refractivity contribution is -0.147. The number of guanidine groups is 1. The molecule has 200 valence electrons. The minimum atomic E-state index is -1.75. The third-order valence-corrected chi connectivity index (χ3v) is 4.69. The molecule has 3 amide bonds. The van der Waals surface area contributed by atoms with Gasteiger partial charge in [-0.25, -0.2) is 4.79 Å². The van der Waals surface area contributed by atoms with E-state index in [9.17, 15) is 29.1 Å². The molecule has 0 radical (unpaired) electrons. The summed E-state index contributed by atoms with van der Waals surface area (Å²) in [7, 11) is 0. The molecule has 0 saturated heterocycles. The first-order valence-corrected chi connectivity index (χ1v) is 10.9. The second-order valence-electron chi connectivity index (χ2n) is 7.64. The summed E-state index contributed by atoms with van der Waals surface area (Å²) in [5, 5.41) is 34.2. The molecule has 0 fully saturated rings. The van der Waals surface area contributed by atoms with Gasteiger partial charge in [-0.2, -0.15) is 0 Å². The fourth-order valence-corrected chi connectivity index (χ4v) is 2.80. The third-order valence-electron chi connectivity index (χ3n) is 4.69. The summed E-state index contributed by atoms with van der Waals surface area (Å²) in [6.45, 7) is -0.304. The summed E-state index contributed by atoms with van der Waals surface area (Å²) in [5.41, 5.74) is 21.6. The van der Waals surface area contributed by atoms with Crippen molar-refractivity contribution in [2.45, 2.75) is 62.7 Å². The smallest absolute Gasteiger partial charge is 0.326 e. The largest absolute Gasteiger partial charge is 0.481 e. The quantitative estimate of drug-likeness (QED) is 0.0480. The number of nitrogens with two attached hydrogens (primary N) is 4. The number of nitrogens with one attached hydrogen (secondary N) is 3. The zero-order valence-electron chi connectivity index (χ0n) is 19.3. The van der Waals surface area contributed by atoms with E-state index < -0.39 is 66.9 Å². The van der Waals surface area contributed by atoms with Crippen molar-refractivity contribution in [3.05, 3.63) is 0 Å². The van der Waals surface area contributed by atoms with Gasteiger partial charge in [-0.3, -0.25) is 24.2 Å². The molecular weight excluding hydrogens is 468 g/mol. The maximum Gasteiger partial charge on any atom is 0.326 e. The van der Waals surface area contributed by atoms with Crippen molar-refractivity contribution in [2.75, 3.05) is 19.7 Å². The van der Waals surface area contributed by atoms with E-state index in [1.807, 2.05) is 5.32 Å². The maximum absolute atomic E-state index is 12.6. The predicted octanol–water partition coefficient (Wildman–Crippen LogP) is -4.50. The molecule has 16 nitrogen and oxygen atoms in total. The highest BCUT2D eigenvalue weighted by Gasteiger charge is 2.30. The molecule has 0 spiro atoms. The van der Waals surface area contributed by atoms with Crippen molar-refractivity contribution in [2.24, 2.45) is 27.9 Å². The molecule has 0 aromatic rings. The Labute approximate surface area is 201 Å². The topological polar surface area (TPSA) is 299 Å². The van der Waals surface area contributed by atoms with Crippen molar-refractivity contribution in [1.82, 2.24) is 16.0 Å². The molecule has 4 unspecified atom stereocenters. The number of aliphatic hydroxyl groups excluding tert-OH is 1. The average Bonchev–Trinajstić information content (AvgIpc) is 2.77. The second-order valence-corrected chi connectivity index (χ2v) is 7.64. The molecule has 0 aliphatic heterocycles. The first-order valence-electron chi connectivity index (χ1n) is 10.9. The maximum atomic E-state index is 12.6. The van der Waals surface area contributed by atoms with Gasteiger partial charge >= 0.3 is 11.9 Å². The van der Waals surface area contributed by atoms with Crippen LogP contribution in [0.4, 0.5) is 0 Å². The van der Waals surface area contributed by atoms with Gasteiger partial charge in [0, 0.05) is 6.54 Å². The summed E-state index contributed by atoms with van der Waals surface area (Å²) in [6.07, 6.45) is 0.750. The Morgan fingerprint density at radius 1 is 0.800 bits per heavy atom. The summed E-state index contributed by atoms with van der Waals surface area (Å²) < 4.78 is 0. The summed E-state index contributed by atoms with van der Waals surface area (Å²) in [5.74, 6) is -5.88. The first-order chi connectivity index (χ1) is 16.4. The molecule has 0 rings (SSSR count). The zero-order valence-corrected chi connectivity index (χ0v) is 19.3. The highest BCUT2D eigenvalue weighted by Crippen LogP contribution is 2.03. The number of carboxylic acids is 2. The van der Waals surface area contributed by atoms with Crippen LogP contribution in [0.3, 0.4) is 0 Å². The van der Waals surface area contributed by atoms with Crippen LogP contribution in [0.25, 0.3) is 0 Å². The van der Waals surface area contributed by atoms with Crippen LogP contribution < -0.4 is 38.9 Å². The van der Waals surface area contributed by atoms with Crippen molar-refractivity contribution in [3.8, 4) is 0 Å². The second kappa shape index (κ2) is 17.0. The number of rotatable bonds is 18.